The summed E-state index contributed by atoms with van der Waals surface area (Å²) in [6.45, 7) is 12.6. The van der Waals surface area contributed by atoms with Gasteiger partial charge < -0.3 is 9.84 Å². The summed E-state index contributed by atoms with van der Waals surface area (Å²) < 4.78 is 5.17. The number of aryl methyl sites for hydroxylation is 3. The largest absolute Gasteiger partial charge is 0.508 e. The predicted molar refractivity (Wildman–Crippen MR) is 161 cm³/mol. The standard InChI is InChI=1S/C20H19NO2.C7H8O.C5H8.C2H6/c1-13-4-5-16(10-14(13)2)20(22)19-11-17(12-21-19)15-6-8-18(23-3)9-7-15;1-6-2-4-7(8)5-3-6;1-3-5-4-2;1-2/h4-11H,12H2,1-3H3;2-5,8H,1H3;1H,4-5H2,2H3;1-2H3. The Hall–Kier alpha value is -4.10. The molecule has 1 N–H and O–H groups in total. The number of terminal acetylenes is 1. The van der Waals surface area contributed by atoms with Crippen LogP contribution in [0.15, 0.2) is 77.8 Å². The smallest absolute Gasteiger partial charge is 0.210 e. The van der Waals surface area contributed by atoms with E-state index in [1.54, 1.807) is 19.2 Å². The number of ketones is 1. The van der Waals surface area contributed by atoms with Crippen LogP contribution in [0.25, 0.3) is 5.57 Å². The average molecular weight is 512 g/mol. The van der Waals surface area contributed by atoms with Gasteiger partial charge in [-0.15, -0.1) is 12.3 Å². The Balaban J connectivity index is 0.000000396. The molecule has 0 saturated carbocycles. The minimum absolute atomic E-state index is 0.0170. The van der Waals surface area contributed by atoms with Crippen LogP contribution in [-0.2, 0) is 0 Å². The molecule has 0 aromatic heterocycles. The molecule has 4 nitrogen and oxygen atoms in total. The Morgan fingerprint density at radius 2 is 1.61 bits per heavy atom. The fraction of sp³-hybridized carbons (Fsp3) is 0.294. The number of aliphatic imine (C=N–C) groups is 1. The SMILES string of the molecule is C#CCCC.CC.COc1ccc(C2=CC(C(=O)c3ccc(C)c(C)c3)=NC2)cc1.Cc1ccc(O)cc1. The van der Waals surface area contributed by atoms with Crippen LogP contribution >= 0.6 is 0 Å². The number of Topliss-reactive ketones (excluding diaryl/α,β-unsaturated/α-hetero) is 1. The van der Waals surface area contributed by atoms with Crippen LogP contribution in [0.1, 0.15) is 66.2 Å². The van der Waals surface area contributed by atoms with Crippen LogP contribution in [0.2, 0.25) is 0 Å². The highest BCUT2D eigenvalue weighted by Crippen LogP contribution is 2.23. The third-order valence-electron chi connectivity index (χ3n) is 5.62. The third kappa shape index (κ3) is 10.5. The van der Waals surface area contributed by atoms with Gasteiger partial charge in [0.05, 0.1) is 13.7 Å². The van der Waals surface area contributed by atoms with E-state index in [2.05, 4.69) is 17.8 Å². The van der Waals surface area contributed by atoms with E-state index < -0.39 is 0 Å². The van der Waals surface area contributed by atoms with Crippen LogP contribution < -0.4 is 4.74 Å². The number of allylic oxidation sites excluding steroid dienone is 1. The molecule has 1 heterocycles. The summed E-state index contributed by atoms with van der Waals surface area (Å²) in [5, 5.41) is 8.76. The van der Waals surface area contributed by atoms with E-state index in [1.165, 1.54) is 11.1 Å². The van der Waals surface area contributed by atoms with Crippen molar-refractivity contribution >= 4 is 17.1 Å². The second-order valence-electron chi connectivity index (χ2n) is 8.52. The molecular weight excluding hydrogens is 470 g/mol. The minimum atomic E-state index is -0.0170. The minimum Gasteiger partial charge on any atom is -0.508 e. The number of carbonyl (C=O) groups is 1. The molecule has 1 aliphatic heterocycles. The Morgan fingerprint density at radius 1 is 0.974 bits per heavy atom. The zero-order valence-electron chi connectivity index (χ0n) is 23.8. The number of benzene rings is 3. The van der Waals surface area contributed by atoms with Crippen molar-refractivity contribution < 1.29 is 14.6 Å². The van der Waals surface area contributed by atoms with E-state index in [9.17, 15) is 4.79 Å². The number of phenolic OH excluding ortho intramolecular Hbond substituents is 1. The summed E-state index contributed by atoms with van der Waals surface area (Å²) in [4.78, 5) is 17.0. The van der Waals surface area contributed by atoms with Crippen molar-refractivity contribution in [3.8, 4) is 23.8 Å². The van der Waals surface area contributed by atoms with E-state index in [0.717, 1.165) is 35.3 Å². The monoisotopic (exact) mass is 511 g/mol. The first kappa shape index (κ1) is 31.9. The van der Waals surface area contributed by atoms with Crippen LogP contribution in [0, 0.1) is 33.1 Å². The highest BCUT2D eigenvalue weighted by atomic mass is 16.5. The first-order chi connectivity index (χ1) is 18.3. The summed E-state index contributed by atoms with van der Waals surface area (Å²) in [6.07, 6.45) is 8.80. The summed E-state index contributed by atoms with van der Waals surface area (Å²) >= 11 is 0. The van der Waals surface area contributed by atoms with Crippen molar-refractivity contribution in [3.63, 3.8) is 0 Å². The number of hydrogen-bond acceptors (Lipinski definition) is 4. The van der Waals surface area contributed by atoms with Gasteiger partial charge in [0.25, 0.3) is 0 Å². The lowest BCUT2D eigenvalue weighted by molar-refractivity contribution is 0.106. The Labute approximate surface area is 229 Å². The molecule has 0 saturated heterocycles. The molecule has 0 bridgehead atoms. The number of carbonyl (C=O) groups excluding carboxylic acids is 1. The normalized spacial score (nSPS) is 11.1. The number of ether oxygens (including phenoxy) is 1. The summed E-state index contributed by atoms with van der Waals surface area (Å²) in [6, 6.07) is 20.7. The summed E-state index contributed by atoms with van der Waals surface area (Å²) in [5.74, 6) is 3.65. The number of phenols is 1. The van der Waals surface area contributed by atoms with Crippen LogP contribution in [0.4, 0.5) is 0 Å². The molecule has 0 spiro atoms. The lowest BCUT2D eigenvalue weighted by Gasteiger charge is -2.04. The molecular formula is C34H41NO3. The Bertz CT molecular complexity index is 1220. The van der Waals surface area contributed by atoms with E-state index in [4.69, 9.17) is 16.3 Å². The quantitative estimate of drug-likeness (QED) is 0.277. The molecule has 0 radical (unpaired) electrons. The summed E-state index contributed by atoms with van der Waals surface area (Å²) in [5.41, 5.74) is 6.82. The molecule has 0 fully saturated rings. The number of nitrogens with zero attached hydrogens (tertiary/aromatic N) is 1. The number of unbranched alkanes of at least 4 members (excludes halogenated alkanes) is 1. The molecule has 0 atom stereocenters. The maximum atomic E-state index is 12.6. The molecule has 3 aromatic carbocycles. The molecule has 3 aromatic rings. The molecule has 4 rings (SSSR count). The van der Waals surface area contributed by atoms with Gasteiger partial charge in [0.1, 0.15) is 17.2 Å². The molecule has 38 heavy (non-hydrogen) atoms. The Morgan fingerprint density at radius 3 is 2.08 bits per heavy atom. The fourth-order valence-corrected chi connectivity index (χ4v) is 3.26. The van der Waals surface area contributed by atoms with Gasteiger partial charge in [0, 0.05) is 12.0 Å². The van der Waals surface area contributed by atoms with Gasteiger partial charge >= 0.3 is 0 Å². The van der Waals surface area contributed by atoms with Crippen molar-refractivity contribution in [1.82, 2.24) is 0 Å². The zero-order valence-corrected chi connectivity index (χ0v) is 23.8. The van der Waals surface area contributed by atoms with Crippen molar-refractivity contribution in [2.24, 2.45) is 4.99 Å². The van der Waals surface area contributed by atoms with Gasteiger partial charge in [0.2, 0.25) is 5.78 Å². The highest BCUT2D eigenvalue weighted by molar-refractivity contribution is 6.51. The van der Waals surface area contributed by atoms with E-state index in [0.29, 0.717) is 23.6 Å². The van der Waals surface area contributed by atoms with Gasteiger partial charge in [-0.3, -0.25) is 9.79 Å². The molecule has 4 heteroatoms. The van der Waals surface area contributed by atoms with Crippen LogP contribution in [-0.4, -0.2) is 30.3 Å². The van der Waals surface area contributed by atoms with E-state index in [-0.39, 0.29) is 5.78 Å². The molecule has 0 amide bonds. The fourth-order valence-electron chi connectivity index (χ4n) is 3.26. The van der Waals surface area contributed by atoms with Gasteiger partial charge in [-0.05, 0) is 85.9 Å². The van der Waals surface area contributed by atoms with E-state index in [1.807, 2.05) is 95.3 Å². The van der Waals surface area contributed by atoms with E-state index >= 15 is 0 Å². The van der Waals surface area contributed by atoms with Crippen molar-refractivity contribution in [1.29, 1.82) is 0 Å². The number of rotatable bonds is 5. The average Bonchev–Trinajstić information content (AvgIpc) is 3.44. The number of aromatic hydroxyl groups is 1. The third-order valence-corrected chi connectivity index (χ3v) is 5.62. The first-order valence-corrected chi connectivity index (χ1v) is 13.0. The molecule has 1 aliphatic rings. The zero-order chi connectivity index (χ0) is 28.5. The lowest BCUT2D eigenvalue weighted by Crippen LogP contribution is -2.10. The van der Waals surface area contributed by atoms with Crippen molar-refractivity contribution in [2.45, 2.75) is 54.4 Å². The Kier molecular flexibility index (Phi) is 14.6. The maximum Gasteiger partial charge on any atom is 0.210 e. The molecule has 200 valence electrons. The highest BCUT2D eigenvalue weighted by Gasteiger charge is 2.18. The topological polar surface area (TPSA) is 58.9 Å². The van der Waals surface area contributed by atoms with Gasteiger partial charge in [-0.2, -0.15) is 0 Å². The predicted octanol–water partition coefficient (Wildman–Crippen LogP) is 8.18. The van der Waals surface area contributed by atoms with Crippen molar-refractivity contribution in [2.75, 3.05) is 13.7 Å². The molecule has 0 aliphatic carbocycles. The van der Waals surface area contributed by atoms with Crippen LogP contribution in [0.5, 0.6) is 11.5 Å². The first-order valence-electron chi connectivity index (χ1n) is 13.0. The number of hydrogen-bond donors (Lipinski definition) is 1. The number of methoxy groups -OCH3 is 1. The lowest BCUT2D eigenvalue weighted by atomic mass is 10.00. The second-order valence-corrected chi connectivity index (χ2v) is 8.52. The van der Waals surface area contributed by atoms with Gasteiger partial charge in [-0.25, -0.2) is 0 Å². The van der Waals surface area contributed by atoms with Gasteiger partial charge in [0.15, 0.2) is 0 Å². The van der Waals surface area contributed by atoms with Crippen molar-refractivity contribution in [3.05, 3.63) is 101 Å². The van der Waals surface area contributed by atoms with Crippen LogP contribution in [0.3, 0.4) is 0 Å². The second kappa shape index (κ2) is 17.4. The maximum absolute atomic E-state index is 12.6. The summed E-state index contributed by atoms with van der Waals surface area (Å²) in [7, 11) is 1.65. The van der Waals surface area contributed by atoms with Gasteiger partial charge in [-0.1, -0.05) is 62.7 Å². The molecule has 0 unspecified atom stereocenters.